The number of sulfonamides is 1. The molecule has 1 aromatic carbocycles. The summed E-state index contributed by atoms with van der Waals surface area (Å²) in [5.74, 6) is -0.527. The highest BCUT2D eigenvalue weighted by Crippen LogP contribution is 2.47. The topological polar surface area (TPSA) is 137 Å². The fourth-order valence-corrected chi connectivity index (χ4v) is 5.26. The molecule has 1 fully saturated rings. The predicted octanol–water partition coefficient (Wildman–Crippen LogP) is 5.02. The molecule has 14 heteroatoms. The van der Waals surface area contributed by atoms with Crippen LogP contribution in [0.1, 0.15) is 37.6 Å². The number of hydrogen-bond acceptors (Lipinski definition) is 8. The minimum absolute atomic E-state index is 0.0178. The van der Waals surface area contributed by atoms with Gasteiger partial charge in [0.05, 0.1) is 39.3 Å². The van der Waals surface area contributed by atoms with E-state index in [-0.39, 0.29) is 39.9 Å². The first kappa shape index (κ1) is 25.1. The van der Waals surface area contributed by atoms with Gasteiger partial charge >= 0.3 is 6.09 Å². The molecule has 0 saturated heterocycles. The largest absolute Gasteiger partial charge is 0.464 e. The Labute approximate surface area is 210 Å². The quantitative estimate of drug-likeness (QED) is 0.338. The molecule has 0 radical (unpaired) electrons. The zero-order valence-electron chi connectivity index (χ0n) is 18.9. The van der Waals surface area contributed by atoms with Crippen molar-refractivity contribution >= 4 is 50.7 Å². The number of amides is 1. The average Bonchev–Trinajstić information content (AvgIpc) is 3.51. The number of nitrogens with zero attached hydrogens (tertiary/aromatic N) is 4. The standard InChI is InChI=1S/C21H22ClFN6O4S2/c1-10(2)29(21(30)31)27-20-24-7-6-14(25-20)18-17(26-19(34-18)11-4-5-11)13-8-12(22)9-15(16(13)23)28-35(3,32)33/h6-11,28H,4-5H2,1-3H3,(H,30,31)(H,24,25,27). The van der Waals surface area contributed by atoms with Crippen LogP contribution in [0.25, 0.3) is 21.8 Å². The van der Waals surface area contributed by atoms with Crippen molar-refractivity contribution in [3.8, 4) is 21.8 Å². The number of nitrogens with one attached hydrogen (secondary N) is 2. The van der Waals surface area contributed by atoms with Gasteiger partial charge in [0.15, 0.2) is 5.82 Å². The van der Waals surface area contributed by atoms with Gasteiger partial charge in [0.25, 0.3) is 0 Å². The maximum absolute atomic E-state index is 15.5. The molecular formula is C21H22ClFN6O4S2. The minimum Gasteiger partial charge on any atom is -0.464 e. The molecule has 2 heterocycles. The van der Waals surface area contributed by atoms with Crippen molar-refractivity contribution in [3.05, 3.63) is 40.2 Å². The fourth-order valence-electron chi connectivity index (χ4n) is 3.28. The molecule has 2 aromatic heterocycles. The van der Waals surface area contributed by atoms with Gasteiger partial charge in [-0.3, -0.25) is 10.1 Å². The highest BCUT2D eigenvalue weighted by Gasteiger charge is 2.31. The highest BCUT2D eigenvalue weighted by molar-refractivity contribution is 7.92. The van der Waals surface area contributed by atoms with Crippen molar-refractivity contribution < 1.29 is 22.7 Å². The number of benzene rings is 1. The molecule has 0 aliphatic heterocycles. The lowest BCUT2D eigenvalue weighted by atomic mass is 10.1. The summed E-state index contributed by atoms with van der Waals surface area (Å²) >= 11 is 7.54. The number of rotatable bonds is 8. The lowest BCUT2D eigenvalue weighted by Gasteiger charge is -2.23. The maximum atomic E-state index is 15.5. The molecule has 1 aliphatic rings. The summed E-state index contributed by atoms with van der Waals surface area (Å²) in [5, 5.41) is 11.3. The summed E-state index contributed by atoms with van der Waals surface area (Å²) in [7, 11) is -3.76. The zero-order valence-corrected chi connectivity index (χ0v) is 21.3. The van der Waals surface area contributed by atoms with Gasteiger partial charge in [-0.2, -0.15) is 0 Å². The third-order valence-corrected chi connectivity index (χ3v) is 7.04. The van der Waals surface area contributed by atoms with Crippen LogP contribution in [0.3, 0.4) is 0 Å². The molecule has 3 N–H and O–H groups in total. The van der Waals surface area contributed by atoms with Gasteiger partial charge in [-0.25, -0.2) is 37.6 Å². The molecule has 0 bridgehead atoms. The van der Waals surface area contributed by atoms with Gasteiger partial charge in [0.1, 0.15) is 0 Å². The average molecular weight is 541 g/mol. The molecule has 0 unspecified atom stereocenters. The van der Waals surface area contributed by atoms with Gasteiger partial charge in [0, 0.05) is 22.7 Å². The first-order valence-electron chi connectivity index (χ1n) is 10.5. The SMILES string of the molecule is CC(C)N(Nc1nccc(-c2sc(C3CC3)nc2-c2cc(Cl)cc(NS(C)(=O)=O)c2F)n1)C(=O)O. The minimum atomic E-state index is -3.76. The van der Waals surface area contributed by atoms with E-state index in [2.05, 4.69) is 25.1 Å². The van der Waals surface area contributed by atoms with Crippen LogP contribution in [0.2, 0.25) is 5.02 Å². The van der Waals surface area contributed by atoms with Crippen LogP contribution in [0.5, 0.6) is 0 Å². The smallest absolute Gasteiger partial charge is 0.426 e. The summed E-state index contributed by atoms with van der Waals surface area (Å²) in [6.45, 7) is 3.39. The Bertz CT molecular complexity index is 1390. The van der Waals surface area contributed by atoms with Crippen LogP contribution < -0.4 is 10.1 Å². The molecule has 1 aliphatic carbocycles. The number of hydrogen-bond donors (Lipinski definition) is 3. The fraction of sp³-hybridized carbons (Fsp3) is 0.333. The van der Waals surface area contributed by atoms with Crippen molar-refractivity contribution in [2.24, 2.45) is 0 Å². The van der Waals surface area contributed by atoms with Crippen molar-refractivity contribution in [1.29, 1.82) is 0 Å². The van der Waals surface area contributed by atoms with E-state index in [1.807, 2.05) is 0 Å². The van der Waals surface area contributed by atoms with E-state index in [0.29, 0.717) is 10.6 Å². The number of carboxylic acid groups (broad SMARTS) is 1. The van der Waals surface area contributed by atoms with Crippen LogP contribution in [0, 0.1) is 5.82 Å². The molecular weight excluding hydrogens is 519 g/mol. The molecule has 0 atom stereocenters. The summed E-state index contributed by atoms with van der Waals surface area (Å²) < 4.78 is 41.1. The van der Waals surface area contributed by atoms with E-state index in [9.17, 15) is 18.3 Å². The van der Waals surface area contributed by atoms with Crippen molar-refractivity contribution in [2.75, 3.05) is 16.4 Å². The van der Waals surface area contributed by atoms with E-state index < -0.39 is 21.9 Å². The Hall–Kier alpha value is -3.03. The molecule has 186 valence electrons. The molecule has 35 heavy (non-hydrogen) atoms. The summed E-state index contributed by atoms with van der Waals surface area (Å²) in [6.07, 6.45) is 3.10. The predicted molar refractivity (Wildman–Crippen MR) is 133 cm³/mol. The molecule has 1 amide bonds. The first-order valence-corrected chi connectivity index (χ1v) is 13.6. The van der Waals surface area contributed by atoms with E-state index in [1.54, 1.807) is 19.9 Å². The Kier molecular flexibility index (Phi) is 6.84. The second-order valence-corrected chi connectivity index (χ2v) is 11.5. The van der Waals surface area contributed by atoms with E-state index in [4.69, 9.17) is 11.6 Å². The van der Waals surface area contributed by atoms with Crippen molar-refractivity contribution in [1.82, 2.24) is 20.0 Å². The molecule has 1 saturated carbocycles. The lowest BCUT2D eigenvalue weighted by Crippen LogP contribution is -2.41. The van der Waals surface area contributed by atoms with Crippen LogP contribution in [-0.2, 0) is 10.0 Å². The third kappa shape index (κ3) is 5.80. The number of halogens is 2. The summed E-state index contributed by atoms with van der Waals surface area (Å²) in [6, 6.07) is 3.79. The van der Waals surface area contributed by atoms with Gasteiger partial charge in [0.2, 0.25) is 16.0 Å². The Morgan fingerprint density at radius 3 is 2.63 bits per heavy atom. The second-order valence-electron chi connectivity index (χ2n) is 8.32. The Morgan fingerprint density at radius 1 is 1.31 bits per heavy atom. The summed E-state index contributed by atoms with van der Waals surface area (Å²) in [4.78, 5) is 25.2. The molecule has 4 rings (SSSR count). The number of aromatic nitrogens is 3. The van der Waals surface area contributed by atoms with E-state index >= 15 is 4.39 Å². The van der Waals surface area contributed by atoms with Gasteiger partial charge < -0.3 is 5.11 Å². The van der Waals surface area contributed by atoms with Gasteiger partial charge in [-0.15, -0.1) is 11.3 Å². The monoisotopic (exact) mass is 540 g/mol. The highest BCUT2D eigenvalue weighted by atomic mass is 35.5. The maximum Gasteiger partial charge on any atom is 0.426 e. The molecule has 3 aromatic rings. The van der Waals surface area contributed by atoms with Crippen molar-refractivity contribution in [2.45, 2.75) is 38.6 Å². The van der Waals surface area contributed by atoms with Crippen LogP contribution >= 0.6 is 22.9 Å². The van der Waals surface area contributed by atoms with Crippen molar-refractivity contribution in [3.63, 3.8) is 0 Å². The van der Waals surface area contributed by atoms with Gasteiger partial charge in [-0.1, -0.05) is 11.6 Å². The van der Waals surface area contributed by atoms with Crippen LogP contribution in [0.4, 0.5) is 20.8 Å². The molecule has 0 spiro atoms. The number of carbonyl (C=O) groups is 1. The first-order chi connectivity index (χ1) is 16.4. The lowest BCUT2D eigenvalue weighted by molar-refractivity contribution is 0.144. The summed E-state index contributed by atoms with van der Waals surface area (Å²) in [5.41, 5.74) is 3.05. The van der Waals surface area contributed by atoms with E-state index in [0.717, 1.165) is 29.1 Å². The van der Waals surface area contributed by atoms with Crippen LogP contribution in [0.15, 0.2) is 24.4 Å². The van der Waals surface area contributed by atoms with E-state index in [1.165, 1.54) is 29.7 Å². The Balaban J connectivity index is 1.82. The number of hydrazine groups is 1. The zero-order chi connectivity index (χ0) is 25.5. The number of thiazole rings is 1. The van der Waals surface area contributed by atoms with Gasteiger partial charge in [-0.05, 0) is 44.9 Å². The molecule has 10 nitrogen and oxygen atoms in total. The number of anilines is 2. The third-order valence-electron chi connectivity index (χ3n) is 4.99. The normalized spacial score (nSPS) is 13.7. The second kappa shape index (κ2) is 9.55. The Morgan fingerprint density at radius 2 is 2.03 bits per heavy atom. The van der Waals surface area contributed by atoms with Crippen LogP contribution in [-0.4, -0.2) is 51.9 Å².